The SMILES string of the molecule is [CH2-]N1CCC(OC(C)C)CC1. The maximum atomic E-state index is 5.68. The van der Waals surface area contributed by atoms with E-state index in [0.717, 1.165) is 25.9 Å². The Morgan fingerprint density at radius 2 is 1.91 bits per heavy atom. The average Bonchev–Trinajstić information content (AvgIpc) is 1.93. The minimum absolute atomic E-state index is 0.372. The zero-order chi connectivity index (χ0) is 8.27. The molecule has 0 atom stereocenters. The van der Waals surface area contributed by atoms with Gasteiger partial charge in [-0.3, -0.25) is 7.05 Å². The van der Waals surface area contributed by atoms with Crippen molar-refractivity contribution < 1.29 is 4.74 Å². The molecule has 1 aliphatic rings. The van der Waals surface area contributed by atoms with Gasteiger partial charge in [-0.05, 0) is 39.8 Å². The Labute approximate surface area is 69.5 Å². The van der Waals surface area contributed by atoms with Crippen LogP contribution in [0.1, 0.15) is 26.7 Å². The van der Waals surface area contributed by atoms with Gasteiger partial charge in [-0.15, -0.1) is 0 Å². The molecule has 11 heavy (non-hydrogen) atoms. The van der Waals surface area contributed by atoms with Crippen LogP contribution < -0.4 is 0 Å². The number of ether oxygens (including phenoxy) is 1. The van der Waals surface area contributed by atoms with Crippen molar-refractivity contribution in [2.45, 2.75) is 38.9 Å². The van der Waals surface area contributed by atoms with E-state index >= 15 is 0 Å². The lowest BCUT2D eigenvalue weighted by molar-refractivity contribution is -0.0211. The fourth-order valence-electron chi connectivity index (χ4n) is 1.43. The van der Waals surface area contributed by atoms with Crippen molar-refractivity contribution in [3.05, 3.63) is 7.05 Å². The smallest absolute Gasteiger partial charge is 0.0601 e. The summed E-state index contributed by atoms with van der Waals surface area (Å²) in [6.07, 6.45) is 3.13. The van der Waals surface area contributed by atoms with Gasteiger partial charge in [0.2, 0.25) is 0 Å². The highest BCUT2D eigenvalue weighted by Gasteiger charge is 2.14. The van der Waals surface area contributed by atoms with Gasteiger partial charge in [0, 0.05) is 0 Å². The quantitative estimate of drug-likeness (QED) is 0.564. The van der Waals surface area contributed by atoms with Gasteiger partial charge in [0.15, 0.2) is 0 Å². The van der Waals surface area contributed by atoms with Gasteiger partial charge in [-0.2, -0.15) is 0 Å². The molecule has 0 aromatic carbocycles. The van der Waals surface area contributed by atoms with Crippen LogP contribution in [0.25, 0.3) is 0 Å². The largest absolute Gasteiger partial charge is 0.459 e. The van der Waals surface area contributed by atoms with Crippen molar-refractivity contribution in [3.8, 4) is 0 Å². The van der Waals surface area contributed by atoms with E-state index in [1.807, 2.05) is 0 Å². The fraction of sp³-hybridized carbons (Fsp3) is 0.889. The summed E-state index contributed by atoms with van der Waals surface area (Å²) in [6.45, 7) is 6.35. The third-order valence-corrected chi connectivity index (χ3v) is 2.00. The molecular formula is C9H18NO-. The van der Waals surface area contributed by atoms with E-state index in [2.05, 4.69) is 25.8 Å². The predicted molar refractivity (Wildman–Crippen MR) is 46.2 cm³/mol. The van der Waals surface area contributed by atoms with Crippen molar-refractivity contribution in [1.82, 2.24) is 4.90 Å². The Morgan fingerprint density at radius 3 is 2.36 bits per heavy atom. The van der Waals surface area contributed by atoms with E-state index in [9.17, 15) is 0 Å². The van der Waals surface area contributed by atoms with Crippen LogP contribution in [-0.4, -0.2) is 30.2 Å². The fourth-order valence-corrected chi connectivity index (χ4v) is 1.43. The molecule has 0 spiro atoms. The molecule has 0 N–H and O–H groups in total. The van der Waals surface area contributed by atoms with Crippen LogP contribution in [0.2, 0.25) is 0 Å². The topological polar surface area (TPSA) is 12.5 Å². The lowest BCUT2D eigenvalue weighted by Crippen LogP contribution is -2.34. The van der Waals surface area contributed by atoms with E-state index in [1.165, 1.54) is 0 Å². The molecule has 0 radical (unpaired) electrons. The molecule has 2 heteroatoms. The molecule has 1 heterocycles. The van der Waals surface area contributed by atoms with Gasteiger partial charge >= 0.3 is 0 Å². The highest BCUT2D eigenvalue weighted by molar-refractivity contribution is 4.71. The summed E-state index contributed by atoms with van der Waals surface area (Å²) in [7, 11) is 3.89. The van der Waals surface area contributed by atoms with Crippen LogP contribution in [0, 0.1) is 7.05 Å². The molecule has 0 aromatic rings. The standard InChI is InChI=1S/C9H18NO/c1-8(2)11-9-4-6-10(3)7-5-9/h8-9H,3-7H2,1-2H3/q-1. The summed E-state index contributed by atoms with van der Waals surface area (Å²) >= 11 is 0. The van der Waals surface area contributed by atoms with E-state index in [0.29, 0.717) is 12.2 Å². The van der Waals surface area contributed by atoms with Crippen molar-refractivity contribution in [3.63, 3.8) is 0 Å². The molecule has 0 aliphatic carbocycles. The summed E-state index contributed by atoms with van der Waals surface area (Å²) in [6, 6.07) is 0. The summed E-state index contributed by atoms with van der Waals surface area (Å²) in [4.78, 5) is 2.11. The second kappa shape index (κ2) is 4.07. The van der Waals surface area contributed by atoms with Crippen LogP contribution in [0.5, 0.6) is 0 Å². The molecule has 1 fully saturated rings. The Bertz CT molecular complexity index is 106. The summed E-state index contributed by atoms with van der Waals surface area (Å²) < 4.78 is 5.68. The van der Waals surface area contributed by atoms with Crippen LogP contribution in [0.15, 0.2) is 0 Å². The first-order chi connectivity index (χ1) is 5.18. The molecule has 0 unspecified atom stereocenters. The number of rotatable bonds is 2. The summed E-state index contributed by atoms with van der Waals surface area (Å²) in [5.74, 6) is 0. The van der Waals surface area contributed by atoms with Crippen LogP contribution >= 0.6 is 0 Å². The maximum absolute atomic E-state index is 5.68. The highest BCUT2D eigenvalue weighted by Crippen LogP contribution is 2.13. The van der Waals surface area contributed by atoms with Crippen LogP contribution in [0.3, 0.4) is 0 Å². The van der Waals surface area contributed by atoms with Crippen LogP contribution in [0.4, 0.5) is 0 Å². The van der Waals surface area contributed by atoms with Crippen LogP contribution in [-0.2, 0) is 4.74 Å². The second-order valence-corrected chi connectivity index (χ2v) is 3.50. The first-order valence-electron chi connectivity index (χ1n) is 4.39. The normalized spacial score (nSPS) is 22.9. The summed E-state index contributed by atoms with van der Waals surface area (Å²) in [5.41, 5.74) is 0. The summed E-state index contributed by atoms with van der Waals surface area (Å²) in [5, 5.41) is 0. The number of hydrogen-bond acceptors (Lipinski definition) is 2. The zero-order valence-corrected chi connectivity index (χ0v) is 7.55. The molecule has 1 aliphatic heterocycles. The Morgan fingerprint density at radius 1 is 1.36 bits per heavy atom. The van der Waals surface area contributed by atoms with Gasteiger partial charge < -0.3 is 9.64 Å². The highest BCUT2D eigenvalue weighted by atomic mass is 16.5. The Balaban J connectivity index is 2.17. The molecule has 0 bridgehead atoms. The maximum Gasteiger partial charge on any atom is 0.0601 e. The van der Waals surface area contributed by atoms with Crippen molar-refractivity contribution in [2.24, 2.45) is 0 Å². The Kier molecular flexibility index (Phi) is 3.34. The zero-order valence-electron chi connectivity index (χ0n) is 7.55. The van der Waals surface area contributed by atoms with Gasteiger partial charge in [0.25, 0.3) is 0 Å². The average molecular weight is 156 g/mol. The first-order valence-corrected chi connectivity index (χ1v) is 4.39. The molecule has 66 valence electrons. The van der Waals surface area contributed by atoms with Gasteiger partial charge in [-0.1, -0.05) is 0 Å². The van der Waals surface area contributed by atoms with Gasteiger partial charge in [0.05, 0.1) is 12.2 Å². The first kappa shape index (κ1) is 9.01. The van der Waals surface area contributed by atoms with Crippen molar-refractivity contribution in [2.75, 3.05) is 13.1 Å². The van der Waals surface area contributed by atoms with Gasteiger partial charge in [0.1, 0.15) is 0 Å². The van der Waals surface area contributed by atoms with Gasteiger partial charge in [-0.25, -0.2) is 0 Å². The van der Waals surface area contributed by atoms with E-state index < -0.39 is 0 Å². The van der Waals surface area contributed by atoms with E-state index in [-0.39, 0.29) is 0 Å². The third-order valence-electron chi connectivity index (χ3n) is 2.00. The lowest BCUT2D eigenvalue weighted by atomic mass is 10.1. The molecule has 0 aromatic heterocycles. The molecule has 2 nitrogen and oxygen atoms in total. The molecule has 0 amide bonds. The molecule has 1 saturated heterocycles. The lowest BCUT2D eigenvalue weighted by Gasteiger charge is -2.35. The minimum atomic E-state index is 0.372. The van der Waals surface area contributed by atoms with Crippen molar-refractivity contribution >= 4 is 0 Å². The van der Waals surface area contributed by atoms with Crippen molar-refractivity contribution in [1.29, 1.82) is 0 Å². The number of likely N-dealkylation sites (tertiary alicyclic amines) is 1. The van der Waals surface area contributed by atoms with E-state index in [4.69, 9.17) is 4.74 Å². The molecular weight excluding hydrogens is 138 g/mol. The van der Waals surface area contributed by atoms with E-state index in [1.54, 1.807) is 0 Å². The number of piperidine rings is 1. The third kappa shape index (κ3) is 3.21. The monoisotopic (exact) mass is 156 g/mol. The molecule has 0 saturated carbocycles. The second-order valence-electron chi connectivity index (χ2n) is 3.50. The number of nitrogens with zero attached hydrogens (tertiary/aromatic N) is 1. The minimum Gasteiger partial charge on any atom is -0.459 e. The predicted octanol–water partition coefficient (Wildman–Crippen LogP) is 1.67. The Hall–Kier alpha value is -0.0800. The number of hydrogen-bond donors (Lipinski definition) is 0. The molecule has 1 rings (SSSR count).